The quantitative estimate of drug-likeness (QED) is 0.345. The van der Waals surface area contributed by atoms with Gasteiger partial charge in [-0.15, -0.1) is 17.0 Å². The number of hydrogen-bond acceptors (Lipinski definition) is 1. The molecule has 0 heterocycles. The van der Waals surface area contributed by atoms with Crippen molar-refractivity contribution >= 4 is 40.2 Å². The summed E-state index contributed by atoms with van der Waals surface area (Å²) in [6.45, 7) is 7.21. The van der Waals surface area contributed by atoms with Gasteiger partial charge in [-0.05, 0) is 0 Å². The molecule has 0 bridgehead atoms. The first kappa shape index (κ1) is 23.9. The predicted molar refractivity (Wildman–Crippen MR) is 143 cm³/mol. The van der Waals surface area contributed by atoms with Crippen LogP contribution in [-0.4, -0.2) is 17.9 Å². The Morgan fingerprint density at radius 2 is 1.19 bits per heavy atom. The standard InChI is InChI=1S/C28H33OP.BrH/c1-22(27-19-23(20-29)28(27,2)3)21-30(24-13-7-4-8-14-24,25-15-9-5-10-16-25)26-17-11-6-12-18-26;/h4-18,23,29-30H,19-21H2,1-3H3;1H. The van der Waals surface area contributed by atoms with E-state index >= 15 is 0 Å². The first-order valence-electron chi connectivity index (χ1n) is 11.0. The van der Waals surface area contributed by atoms with Crippen LogP contribution in [0.1, 0.15) is 27.2 Å². The molecule has 4 rings (SSSR count). The molecule has 0 radical (unpaired) electrons. The molecule has 0 saturated heterocycles. The molecule has 1 aliphatic carbocycles. The van der Waals surface area contributed by atoms with Crippen molar-refractivity contribution in [1.82, 2.24) is 0 Å². The van der Waals surface area contributed by atoms with Gasteiger partial charge in [0.2, 0.25) is 0 Å². The van der Waals surface area contributed by atoms with E-state index in [1.807, 2.05) is 0 Å². The van der Waals surface area contributed by atoms with Crippen molar-refractivity contribution in [2.75, 3.05) is 12.8 Å². The summed E-state index contributed by atoms with van der Waals surface area (Å²) < 4.78 is 0. The number of benzene rings is 3. The van der Waals surface area contributed by atoms with Crippen LogP contribution in [-0.2, 0) is 0 Å². The Hall–Kier alpha value is -1.73. The third-order valence-corrected chi connectivity index (χ3v) is 12.3. The van der Waals surface area contributed by atoms with Gasteiger partial charge in [0.25, 0.3) is 0 Å². The number of aliphatic hydroxyl groups is 1. The minimum atomic E-state index is -2.25. The van der Waals surface area contributed by atoms with Crippen molar-refractivity contribution < 1.29 is 5.11 Å². The van der Waals surface area contributed by atoms with Crippen LogP contribution in [0.5, 0.6) is 0 Å². The van der Waals surface area contributed by atoms with Crippen LogP contribution in [0.25, 0.3) is 0 Å². The van der Waals surface area contributed by atoms with E-state index in [9.17, 15) is 5.11 Å². The topological polar surface area (TPSA) is 20.2 Å². The normalized spacial score (nSPS) is 19.7. The fourth-order valence-corrected chi connectivity index (χ4v) is 10.3. The summed E-state index contributed by atoms with van der Waals surface area (Å²) >= 11 is 0. The summed E-state index contributed by atoms with van der Waals surface area (Å²) in [7, 11) is -2.25. The van der Waals surface area contributed by atoms with Gasteiger partial charge in [0.15, 0.2) is 0 Å². The number of halogens is 1. The number of aliphatic hydroxyl groups excluding tert-OH is 1. The molecule has 1 aliphatic rings. The van der Waals surface area contributed by atoms with E-state index in [-0.39, 0.29) is 29.0 Å². The van der Waals surface area contributed by atoms with Gasteiger partial charge in [-0.1, -0.05) is 0 Å². The summed E-state index contributed by atoms with van der Waals surface area (Å²) in [4.78, 5) is 0. The molecular weight excluding hydrogens is 463 g/mol. The van der Waals surface area contributed by atoms with E-state index in [0.29, 0.717) is 5.92 Å². The molecule has 1 nitrogen and oxygen atoms in total. The van der Waals surface area contributed by atoms with Crippen LogP contribution in [0, 0.1) is 11.3 Å². The second-order valence-corrected chi connectivity index (χ2v) is 13.1. The Morgan fingerprint density at radius 3 is 1.52 bits per heavy atom. The molecule has 0 amide bonds. The maximum atomic E-state index is 9.77. The fraction of sp³-hybridized carbons (Fsp3) is 0.286. The summed E-state index contributed by atoms with van der Waals surface area (Å²) in [5, 5.41) is 14.1. The van der Waals surface area contributed by atoms with Crippen LogP contribution >= 0.6 is 24.2 Å². The molecule has 0 spiro atoms. The van der Waals surface area contributed by atoms with Gasteiger partial charge in [-0.25, -0.2) is 0 Å². The summed E-state index contributed by atoms with van der Waals surface area (Å²) in [6.07, 6.45) is 2.10. The van der Waals surface area contributed by atoms with Crippen molar-refractivity contribution in [2.24, 2.45) is 11.3 Å². The third kappa shape index (κ3) is 4.31. The van der Waals surface area contributed by atoms with Crippen LogP contribution in [0.4, 0.5) is 0 Å². The Balaban J connectivity index is 0.00000272. The van der Waals surface area contributed by atoms with E-state index in [1.54, 1.807) is 5.57 Å². The third-order valence-electron chi connectivity index (χ3n) is 7.31. The molecule has 0 aromatic heterocycles. The zero-order valence-corrected chi connectivity index (χ0v) is 21.4. The maximum absolute atomic E-state index is 9.77. The van der Waals surface area contributed by atoms with Crippen molar-refractivity contribution in [3.8, 4) is 0 Å². The fourth-order valence-electron chi connectivity index (χ4n) is 5.38. The Labute approximate surface area is 198 Å². The zero-order chi connectivity index (χ0) is 21.2. The van der Waals surface area contributed by atoms with Gasteiger partial charge in [-0.3, -0.25) is 0 Å². The summed E-state index contributed by atoms with van der Waals surface area (Å²) in [5.74, 6) is 0.378. The Morgan fingerprint density at radius 1 is 0.806 bits per heavy atom. The molecule has 1 atom stereocenters. The first-order valence-corrected chi connectivity index (χ1v) is 13.2. The first-order chi connectivity index (χ1) is 14.5. The van der Waals surface area contributed by atoms with Gasteiger partial charge >= 0.3 is 182 Å². The number of rotatable bonds is 6. The zero-order valence-electron chi connectivity index (χ0n) is 18.7. The monoisotopic (exact) mass is 496 g/mol. The second-order valence-electron chi connectivity index (χ2n) is 9.24. The van der Waals surface area contributed by atoms with Gasteiger partial charge in [-0.2, -0.15) is 0 Å². The summed E-state index contributed by atoms with van der Waals surface area (Å²) in [5.41, 5.74) is 3.14. The molecule has 0 aliphatic heterocycles. The van der Waals surface area contributed by atoms with E-state index in [0.717, 1.165) is 12.6 Å². The molecule has 3 heteroatoms. The molecule has 31 heavy (non-hydrogen) atoms. The van der Waals surface area contributed by atoms with Gasteiger partial charge < -0.3 is 0 Å². The van der Waals surface area contributed by atoms with E-state index in [2.05, 4.69) is 112 Å². The van der Waals surface area contributed by atoms with Gasteiger partial charge in [0, 0.05) is 0 Å². The van der Waals surface area contributed by atoms with E-state index in [1.165, 1.54) is 21.5 Å². The van der Waals surface area contributed by atoms with Crippen molar-refractivity contribution in [1.29, 1.82) is 0 Å². The van der Waals surface area contributed by atoms with Crippen molar-refractivity contribution in [3.63, 3.8) is 0 Å². The Bertz CT molecular complexity index is 916. The SMILES string of the molecule is Br.CC(C[PH](c1ccccc1)(c1ccccc1)c1ccccc1)=C1CC(CO)C1(C)C. The average molecular weight is 497 g/mol. The van der Waals surface area contributed by atoms with Gasteiger partial charge in [0.05, 0.1) is 0 Å². The van der Waals surface area contributed by atoms with Crippen LogP contribution in [0.3, 0.4) is 0 Å². The molecule has 1 unspecified atom stereocenters. The van der Waals surface area contributed by atoms with Crippen LogP contribution in [0.15, 0.2) is 102 Å². The molecular formula is C28H34BrOP. The molecule has 1 N–H and O–H groups in total. The number of hydrogen-bond donors (Lipinski definition) is 1. The van der Waals surface area contributed by atoms with Crippen LogP contribution < -0.4 is 15.9 Å². The molecule has 3 aromatic rings. The second kappa shape index (κ2) is 9.82. The average Bonchev–Trinajstić information content (AvgIpc) is 2.79. The molecule has 3 aromatic carbocycles. The molecule has 1 fully saturated rings. The van der Waals surface area contributed by atoms with E-state index < -0.39 is 7.26 Å². The van der Waals surface area contributed by atoms with Crippen molar-refractivity contribution in [3.05, 3.63) is 102 Å². The van der Waals surface area contributed by atoms with Crippen molar-refractivity contribution in [2.45, 2.75) is 27.2 Å². The minimum absolute atomic E-state index is 0. The summed E-state index contributed by atoms with van der Waals surface area (Å²) in [6, 6.07) is 33.4. The molecule has 1 saturated carbocycles. The Kier molecular flexibility index (Phi) is 7.58. The molecule has 164 valence electrons. The van der Waals surface area contributed by atoms with Gasteiger partial charge in [0.1, 0.15) is 0 Å². The number of allylic oxidation sites excluding steroid dienone is 2. The predicted octanol–water partition coefficient (Wildman–Crippen LogP) is 5.65. The van der Waals surface area contributed by atoms with E-state index in [4.69, 9.17) is 0 Å². The van der Waals surface area contributed by atoms with Crippen LogP contribution in [0.2, 0.25) is 0 Å².